The molecule has 0 atom stereocenters. The smallest absolute Gasteiger partial charge is 0.348 e. The summed E-state index contributed by atoms with van der Waals surface area (Å²) >= 11 is 0. The zero-order chi connectivity index (χ0) is 18.2. The zero-order valence-corrected chi connectivity index (χ0v) is 14.0. The first-order valence-corrected chi connectivity index (χ1v) is 7.71. The number of hydrogen-bond acceptors (Lipinski definition) is 5. The molecule has 0 bridgehead atoms. The van der Waals surface area contributed by atoms with E-state index < -0.39 is 11.9 Å². The lowest BCUT2D eigenvalue weighted by atomic mass is 10.1. The van der Waals surface area contributed by atoms with Crippen LogP contribution in [0.3, 0.4) is 0 Å². The number of benzene rings is 2. The minimum Gasteiger partial charge on any atom is -0.462 e. The maximum atomic E-state index is 12.1. The molecule has 0 heterocycles. The third-order valence-corrected chi connectivity index (χ3v) is 3.30. The molecule has 0 aromatic heterocycles. The van der Waals surface area contributed by atoms with Crippen molar-refractivity contribution in [1.82, 2.24) is 0 Å². The van der Waals surface area contributed by atoms with Crippen LogP contribution in [0.5, 0.6) is 5.75 Å². The van der Waals surface area contributed by atoms with Gasteiger partial charge in [-0.3, -0.25) is 0 Å². The molecule has 0 aliphatic carbocycles. The Hall–Kier alpha value is -3.39. The van der Waals surface area contributed by atoms with Gasteiger partial charge >= 0.3 is 11.9 Å². The third kappa shape index (κ3) is 5.05. The summed E-state index contributed by atoms with van der Waals surface area (Å²) in [6.45, 7) is 3.81. The number of hydrogen-bond donors (Lipinski definition) is 0. The number of nitriles is 1. The topological polar surface area (TPSA) is 76.4 Å². The number of rotatable bonds is 5. The average molecular weight is 335 g/mol. The largest absolute Gasteiger partial charge is 0.462 e. The van der Waals surface area contributed by atoms with Gasteiger partial charge in [-0.1, -0.05) is 29.8 Å². The van der Waals surface area contributed by atoms with E-state index in [4.69, 9.17) is 14.7 Å². The summed E-state index contributed by atoms with van der Waals surface area (Å²) in [6, 6.07) is 15.4. The molecule has 0 radical (unpaired) electrons. The van der Waals surface area contributed by atoms with E-state index in [-0.39, 0.29) is 12.2 Å². The number of aryl methyl sites for hydroxylation is 1. The summed E-state index contributed by atoms with van der Waals surface area (Å²) in [5.74, 6) is -0.746. The number of ether oxygens (including phenoxy) is 2. The van der Waals surface area contributed by atoms with Crippen molar-refractivity contribution in [2.45, 2.75) is 13.8 Å². The Morgan fingerprint density at radius 1 is 1.08 bits per heavy atom. The minimum absolute atomic E-state index is 0.0914. The van der Waals surface area contributed by atoms with Gasteiger partial charge in [0.05, 0.1) is 12.2 Å². The zero-order valence-electron chi connectivity index (χ0n) is 14.0. The van der Waals surface area contributed by atoms with Crippen molar-refractivity contribution in [3.05, 3.63) is 70.8 Å². The van der Waals surface area contributed by atoms with E-state index in [1.54, 1.807) is 43.3 Å². The van der Waals surface area contributed by atoms with Gasteiger partial charge in [-0.2, -0.15) is 5.26 Å². The van der Waals surface area contributed by atoms with Gasteiger partial charge in [-0.15, -0.1) is 0 Å². The lowest BCUT2D eigenvalue weighted by molar-refractivity contribution is -0.137. The fourth-order valence-electron chi connectivity index (χ4n) is 2.00. The second-order valence-corrected chi connectivity index (χ2v) is 5.21. The van der Waals surface area contributed by atoms with Crippen LogP contribution in [0.25, 0.3) is 6.08 Å². The van der Waals surface area contributed by atoms with Crippen LogP contribution < -0.4 is 4.74 Å². The Morgan fingerprint density at radius 2 is 1.72 bits per heavy atom. The molecule has 2 aromatic carbocycles. The standard InChI is InChI=1S/C20H17NO4/c1-3-24-19(22)17(13-21)12-15-6-10-18(11-7-15)25-20(23)16-8-4-14(2)5-9-16/h4-12H,3H2,1-2H3/b17-12-. The van der Waals surface area contributed by atoms with Crippen molar-refractivity contribution in [3.63, 3.8) is 0 Å². The molecule has 0 aliphatic rings. The van der Waals surface area contributed by atoms with E-state index >= 15 is 0 Å². The Kier molecular flexibility index (Phi) is 6.08. The van der Waals surface area contributed by atoms with Gasteiger partial charge in [-0.05, 0) is 49.8 Å². The molecule has 5 heteroatoms. The molecule has 0 N–H and O–H groups in total. The molecule has 0 aliphatic heterocycles. The van der Waals surface area contributed by atoms with Crippen LogP contribution in [-0.4, -0.2) is 18.5 Å². The molecule has 25 heavy (non-hydrogen) atoms. The Labute approximate surface area is 146 Å². The average Bonchev–Trinajstić information content (AvgIpc) is 2.61. The van der Waals surface area contributed by atoms with Crippen LogP contribution in [0.4, 0.5) is 0 Å². The molecule has 0 saturated carbocycles. The lowest BCUT2D eigenvalue weighted by Crippen LogP contribution is -2.08. The molecule has 5 nitrogen and oxygen atoms in total. The highest BCUT2D eigenvalue weighted by atomic mass is 16.5. The van der Waals surface area contributed by atoms with E-state index in [0.717, 1.165) is 5.56 Å². The van der Waals surface area contributed by atoms with Gasteiger partial charge < -0.3 is 9.47 Å². The molecular weight excluding hydrogens is 318 g/mol. The highest BCUT2D eigenvalue weighted by Crippen LogP contribution is 2.17. The Balaban J connectivity index is 2.09. The van der Waals surface area contributed by atoms with E-state index in [1.165, 1.54) is 6.08 Å². The quantitative estimate of drug-likeness (QED) is 0.360. The van der Waals surface area contributed by atoms with E-state index in [9.17, 15) is 9.59 Å². The van der Waals surface area contributed by atoms with Crippen molar-refractivity contribution >= 4 is 18.0 Å². The number of carbonyl (C=O) groups is 2. The van der Waals surface area contributed by atoms with E-state index in [2.05, 4.69) is 0 Å². The van der Waals surface area contributed by atoms with Crippen LogP contribution in [-0.2, 0) is 9.53 Å². The number of carbonyl (C=O) groups excluding carboxylic acids is 2. The van der Waals surface area contributed by atoms with Gasteiger partial charge in [0.15, 0.2) is 0 Å². The van der Waals surface area contributed by atoms with Gasteiger partial charge in [-0.25, -0.2) is 9.59 Å². The molecule has 126 valence electrons. The first-order valence-electron chi connectivity index (χ1n) is 7.71. The van der Waals surface area contributed by atoms with Crippen LogP contribution in [0.1, 0.15) is 28.4 Å². The highest BCUT2D eigenvalue weighted by Gasteiger charge is 2.10. The SMILES string of the molecule is CCOC(=O)/C(C#N)=C\c1ccc(OC(=O)c2ccc(C)cc2)cc1. The minimum atomic E-state index is -0.667. The normalized spacial score (nSPS) is 10.7. The second-order valence-electron chi connectivity index (χ2n) is 5.21. The monoisotopic (exact) mass is 335 g/mol. The summed E-state index contributed by atoms with van der Waals surface area (Å²) in [6.07, 6.45) is 1.42. The highest BCUT2D eigenvalue weighted by molar-refractivity contribution is 5.97. The number of nitrogens with zero attached hydrogens (tertiary/aromatic N) is 1. The maximum absolute atomic E-state index is 12.1. The molecule has 2 aromatic rings. The molecule has 0 spiro atoms. The van der Waals surface area contributed by atoms with Gasteiger partial charge in [0.1, 0.15) is 17.4 Å². The Morgan fingerprint density at radius 3 is 2.28 bits per heavy atom. The van der Waals surface area contributed by atoms with Crippen molar-refractivity contribution in [2.75, 3.05) is 6.61 Å². The van der Waals surface area contributed by atoms with Crippen LogP contribution in [0.2, 0.25) is 0 Å². The first-order chi connectivity index (χ1) is 12.0. The molecule has 0 unspecified atom stereocenters. The number of esters is 2. The summed E-state index contributed by atoms with van der Waals surface area (Å²) in [7, 11) is 0. The summed E-state index contributed by atoms with van der Waals surface area (Å²) < 4.78 is 10.1. The van der Waals surface area contributed by atoms with Crippen LogP contribution in [0.15, 0.2) is 54.1 Å². The predicted octanol–water partition coefficient (Wildman–Crippen LogP) is 3.68. The first kappa shape index (κ1) is 18.0. The second kappa shape index (κ2) is 8.46. The third-order valence-electron chi connectivity index (χ3n) is 3.30. The fourth-order valence-corrected chi connectivity index (χ4v) is 2.00. The molecule has 0 amide bonds. The molecule has 0 saturated heterocycles. The van der Waals surface area contributed by atoms with Crippen molar-refractivity contribution in [3.8, 4) is 11.8 Å². The summed E-state index contributed by atoms with van der Waals surface area (Å²) in [5.41, 5.74) is 2.05. The molecular formula is C20H17NO4. The summed E-state index contributed by atoms with van der Waals surface area (Å²) in [5, 5.41) is 9.02. The van der Waals surface area contributed by atoms with Crippen molar-refractivity contribution < 1.29 is 19.1 Å². The molecule has 2 rings (SSSR count). The van der Waals surface area contributed by atoms with E-state index in [0.29, 0.717) is 16.9 Å². The summed E-state index contributed by atoms with van der Waals surface area (Å²) in [4.78, 5) is 23.6. The van der Waals surface area contributed by atoms with Crippen LogP contribution >= 0.6 is 0 Å². The Bertz CT molecular complexity index is 827. The van der Waals surface area contributed by atoms with Crippen molar-refractivity contribution in [1.29, 1.82) is 5.26 Å². The van der Waals surface area contributed by atoms with Crippen molar-refractivity contribution in [2.24, 2.45) is 0 Å². The van der Waals surface area contributed by atoms with Gasteiger partial charge in [0, 0.05) is 0 Å². The fraction of sp³-hybridized carbons (Fsp3) is 0.150. The van der Waals surface area contributed by atoms with Gasteiger partial charge in [0.25, 0.3) is 0 Å². The van der Waals surface area contributed by atoms with Crippen LogP contribution in [0, 0.1) is 18.3 Å². The lowest BCUT2D eigenvalue weighted by Gasteiger charge is -2.05. The maximum Gasteiger partial charge on any atom is 0.348 e. The molecule has 0 fully saturated rings. The van der Waals surface area contributed by atoms with Gasteiger partial charge in [0.2, 0.25) is 0 Å². The van der Waals surface area contributed by atoms with E-state index in [1.807, 2.05) is 25.1 Å². The predicted molar refractivity (Wildman–Crippen MR) is 92.8 cm³/mol.